The van der Waals surface area contributed by atoms with Crippen molar-refractivity contribution in [1.29, 1.82) is 0 Å². The summed E-state index contributed by atoms with van der Waals surface area (Å²) in [7, 11) is 1.34. The summed E-state index contributed by atoms with van der Waals surface area (Å²) in [4.78, 5) is 8.61. The zero-order valence-electron chi connectivity index (χ0n) is 12.2. The minimum absolute atomic E-state index is 0.703. The Morgan fingerprint density at radius 1 is 0.609 bits per heavy atom. The van der Waals surface area contributed by atoms with Crippen molar-refractivity contribution in [2.45, 2.75) is 0 Å². The fraction of sp³-hybridized carbons (Fsp3) is 0. The fourth-order valence-electron chi connectivity index (χ4n) is 2.48. The molecular weight excluding hydrogens is 287 g/mol. The summed E-state index contributed by atoms with van der Waals surface area (Å²) in [5.41, 5.74) is 1.76. The number of aromatic nitrogens is 2. The molecule has 2 aromatic carbocycles. The summed E-state index contributed by atoms with van der Waals surface area (Å²) in [5.74, 6) is 1.41. The molecule has 2 aromatic heterocycles. The standard InChI is InChI=1S/C18H12BN2O2/c1-7-15-13(5-3-11-20-15)17(9-1)22-19-23-18-10-2-8-16-14(18)6-4-12-21-16/h1-12H. The lowest BCUT2D eigenvalue weighted by molar-refractivity contribution is 0.465. The highest BCUT2D eigenvalue weighted by Crippen LogP contribution is 2.25. The molecule has 0 spiro atoms. The first kappa shape index (κ1) is 13.6. The van der Waals surface area contributed by atoms with Crippen LogP contribution in [0.15, 0.2) is 73.1 Å². The monoisotopic (exact) mass is 299 g/mol. The first-order chi connectivity index (χ1) is 11.4. The molecule has 0 N–H and O–H groups in total. The highest BCUT2D eigenvalue weighted by molar-refractivity contribution is 6.22. The van der Waals surface area contributed by atoms with Gasteiger partial charge >= 0.3 is 7.69 Å². The number of rotatable bonds is 4. The molecule has 0 saturated heterocycles. The first-order valence-electron chi connectivity index (χ1n) is 7.24. The van der Waals surface area contributed by atoms with Crippen molar-refractivity contribution in [2.75, 3.05) is 0 Å². The van der Waals surface area contributed by atoms with Crippen LogP contribution in [0.5, 0.6) is 11.5 Å². The summed E-state index contributed by atoms with van der Waals surface area (Å²) in [6.45, 7) is 0. The molecule has 109 valence electrons. The average molecular weight is 299 g/mol. The van der Waals surface area contributed by atoms with Crippen molar-refractivity contribution >= 4 is 29.5 Å². The molecule has 5 heteroatoms. The molecule has 4 nitrogen and oxygen atoms in total. The summed E-state index contributed by atoms with van der Waals surface area (Å²) < 4.78 is 11.3. The highest BCUT2D eigenvalue weighted by atomic mass is 16.6. The Morgan fingerprint density at radius 2 is 1.13 bits per heavy atom. The number of benzene rings is 2. The summed E-state index contributed by atoms with van der Waals surface area (Å²) >= 11 is 0. The van der Waals surface area contributed by atoms with E-state index in [9.17, 15) is 0 Å². The Bertz CT molecular complexity index is 885. The molecule has 4 rings (SSSR count). The van der Waals surface area contributed by atoms with Gasteiger partial charge in [0.15, 0.2) is 0 Å². The molecule has 4 aromatic rings. The van der Waals surface area contributed by atoms with E-state index in [0.29, 0.717) is 11.5 Å². The van der Waals surface area contributed by atoms with Gasteiger partial charge in [-0.05, 0) is 48.5 Å². The van der Waals surface area contributed by atoms with Crippen LogP contribution >= 0.6 is 0 Å². The maximum absolute atomic E-state index is 5.66. The molecular formula is C18H12BN2O2. The van der Waals surface area contributed by atoms with Crippen LogP contribution < -0.4 is 9.31 Å². The molecule has 2 heterocycles. The SMILES string of the molecule is [B](Oc1cccc2ncccc12)Oc1cccc2ncccc12. The third-order valence-electron chi connectivity index (χ3n) is 3.56. The lowest BCUT2D eigenvalue weighted by Gasteiger charge is -2.10. The molecule has 0 aliphatic heterocycles. The van der Waals surface area contributed by atoms with E-state index in [1.165, 1.54) is 7.69 Å². The second kappa shape index (κ2) is 5.97. The third-order valence-corrected chi connectivity index (χ3v) is 3.56. The Kier molecular flexibility index (Phi) is 3.52. The lowest BCUT2D eigenvalue weighted by Crippen LogP contribution is -2.11. The molecule has 0 fully saturated rings. The lowest BCUT2D eigenvalue weighted by atomic mass is 10.2. The van der Waals surface area contributed by atoms with E-state index in [1.807, 2.05) is 60.7 Å². The van der Waals surface area contributed by atoms with Crippen molar-refractivity contribution in [3.63, 3.8) is 0 Å². The van der Waals surface area contributed by atoms with Crippen molar-refractivity contribution in [2.24, 2.45) is 0 Å². The highest BCUT2D eigenvalue weighted by Gasteiger charge is 2.08. The maximum atomic E-state index is 5.66. The smallest absolute Gasteiger partial charge is 0.526 e. The molecule has 0 atom stereocenters. The average Bonchev–Trinajstić information content (AvgIpc) is 2.62. The summed E-state index contributed by atoms with van der Waals surface area (Å²) in [6, 6.07) is 19.2. The quantitative estimate of drug-likeness (QED) is 0.538. The first-order valence-corrected chi connectivity index (χ1v) is 7.24. The van der Waals surface area contributed by atoms with Gasteiger partial charge in [0.1, 0.15) is 11.5 Å². The topological polar surface area (TPSA) is 44.2 Å². The van der Waals surface area contributed by atoms with Gasteiger partial charge in [0.2, 0.25) is 0 Å². The zero-order valence-corrected chi connectivity index (χ0v) is 12.2. The van der Waals surface area contributed by atoms with Crippen LogP contribution in [0.3, 0.4) is 0 Å². The normalized spacial score (nSPS) is 10.6. The van der Waals surface area contributed by atoms with Crippen molar-refractivity contribution < 1.29 is 9.31 Å². The molecule has 1 radical (unpaired) electrons. The van der Waals surface area contributed by atoms with Crippen LogP contribution in [-0.2, 0) is 0 Å². The predicted molar refractivity (Wildman–Crippen MR) is 90.5 cm³/mol. The van der Waals surface area contributed by atoms with E-state index >= 15 is 0 Å². The van der Waals surface area contributed by atoms with Crippen LogP contribution in [0.1, 0.15) is 0 Å². The Hall–Kier alpha value is -3.08. The van der Waals surface area contributed by atoms with E-state index in [2.05, 4.69) is 9.97 Å². The number of hydrogen-bond donors (Lipinski definition) is 0. The van der Waals surface area contributed by atoms with E-state index in [1.54, 1.807) is 12.4 Å². The summed E-state index contributed by atoms with van der Waals surface area (Å²) in [6.07, 6.45) is 3.52. The van der Waals surface area contributed by atoms with Crippen molar-refractivity contribution in [1.82, 2.24) is 9.97 Å². The molecule has 0 aliphatic carbocycles. The van der Waals surface area contributed by atoms with Gasteiger partial charge in [-0.3, -0.25) is 9.97 Å². The van der Waals surface area contributed by atoms with Crippen molar-refractivity contribution in [3.05, 3.63) is 73.1 Å². The van der Waals surface area contributed by atoms with Gasteiger partial charge in [-0.25, -0.2) is 0 Å². The third kappa shape index (κ3) is 2.69. The maximum Gasteiger partial charge on any atom is 0.658 e. The molecule has 0 unspecified atom stereocenters. The Morgan fingerprint density at radius 3 is 1.65 bits per heavy atom. The molecule has 0 saturated carbocycles. The van der Waals surface area contributed by atoms with E-state index in [0.717, 1.165) is 21.8 Å². The second-order valence-corrected chi connectivity index (χ2v) is 4.98. The summed E-state index contributed by atoms with van der Waals surface area (Å²) in [5, 5.41) is 1.88. The van der Waals surface area contributed by atoms with Gasteiger partial charge in [0.05, 0.1) is 11.0 Å². The van der Waals surface area contributed by atoms with Gasteiger partial charge in [-0.2, -0.15) is 0 Å². The fourth-order valence-corrected chi connectivity index (χ4v) is 2.48. The number of nitrogens with zero attached hydrogens (tertiary/aromatic N) is 2. The Labute approximate surface area is 134 Å². The second-order valence-electron chi connectivity index (χ2n) is 4.98. The van der Waals surface area contributed by atoms with Crippen LogP contribution in [0.4, 0.5) is 0 Å². The zero-order chi connectivity index (χ0) is 15.5. The number of pyridine rings is 2. The molecule has 0 bridgehead atoms. The predicted octanol–water partition coefficient (Wildman–Crippen LogP) is 3.78. The van der Waals surface area contributed by atoms with Gasteiger partial charge < -0.3 is 9.31 Å². The van der Waals surface area contributed by atoms with Gasteiger partial charge in [-0.1, -0.05) is 12.1 Å². The Balaban J connectivity index is 1.55. The van der Waals surface area contributed by atoms with Crippen LogP contribution in [0, 0.1) is 0 Å². The molecule has 23 heavy (non-hydrogen) atoms. The van der Waals surface area contributed by atoms with Gasteiger partial charge in [0.25, 0.3) is 0 Å². The van der Waals surface area contributed by atoms with Crippen LogP contribution in [0.2, 0.25) is 0 Å². The number of fused-ring (bicyclic) bond motifs is 2. The van der Waals surface area contributed by atoms with E-state index in [4.69, 9.17) is 9.31 Å². The minimum Gasteiger partial charge on any atom is -0.526 e. The van der Waals surface area contributed by atoms with E-state index < -0.39 is 0 Å². The van der Waals surface area contributed by atoms with Gasteiger partial charge in [-0.15, -0.1) is 0 Å². The largest absolute Gasteiger partial charge is 0.658 e. The van der Waals surface area contributed by atoms with Crippen LogP contribution in [-0.4, -0.2) is 17.7 Å². The minimum atomic E-state index is 0.703. The molecule has 0 amide bonds. The van der Waals surface area contributed by atoms with Crippen LogP contribution in [0.25, 0.3) is 21.8 Å². The van der Waals surface area contributed by atoms with Gasteiger partial charge in [0, 0.05) is 23.2 Å². The van der Waals surface area contributed by atoms with E-state index in [-0.39, 0.29) is 0 Å². The van der Waals surface area contributed by atoms with Crippen molar-refractivity contribution in [3.8, 4) is 11.5 Å². The number of hydrogen-bond acceptors (Lipinski definition) is 4. The molecule has 0 aliphatic rings.